The average molecular weight is 260 g/mol. The molecule has 19 heavy (non-hydrogen) atoms. The first kappa shape index (κ1) is 12.7. The highest BCUT2D eigenvalue weighted by Gasteiger charge is 2.24. The van der Waals surface area contributed by atoms with Crippen molar-refractivity contribution in [1.82, 2.24) is 9.78 Å². The van der Waals surface area contributed by atoms with Gasteiger partial charge in [0.05, 0.1) is 11.5 Å². The molecule has 0 bridgehead atoms. The third-order valence-corrected chi connectivity index (χ3v) is 2.71. The number of nitrogens with zero attached hydrogens (tertiary/aromatic N) is 4. The van der Waals surface area contributed by atoms with Gasteiger partial charge in [0.2, 0.25) is 5.69 Å². The van der Waals surface area contributed by atoms with Crippen LogP contribution in [0.1, 0.15) is 17.0 Å². The van der Waals surface area contributed by atoms with Crippen LogP contribution in [0, 0.1) is 34.2 Å². The summed E-state index contributed by atoms with van der Waals surface area (Å²) in [4.78, 5) is 10.2. The summed E-state index contributed by atoms with van der Waals surface area (Å²) in [5.41, 5.74) is 0.534. The fourth-order valence-electron chi connectivity index (χ4n) is 1.75. The number of aromatic nitrogens is 2. The summed E-state index contributed by atoms with van der Waals surface area (Å²) in [6, 6.07) is 7.43. The lowest BCUT2D eigenvalue weighted by Crippen LogP contribution is -2.04. The second kappa shape index (κ2) is 4.86. The second-order valence-electron chi connectivity index (χ2n) is 3.94. The van der Waals surface area contributed by atoms with E-state index in [9.17, 15) is 14.5 Å². The van der Waals surface area contributed by atoms with Crippen molar-refractivity contribution in [3.63, 3.8) is 0 Å². The Kier molecular flexibility index (Phi) is 3.25. The van der Waals surface area contributed by atoms with Crippen LogP contribution in [0.5, 0.6) is 0 Å². The number of hydrogen-bond donors (Lipinski definition) is 0. The maximum atomic E-state index is 12.8. The molecular formula is C12H9FN4O2. The van der Waals surface area contributed by atoms with Crippen LogP contribution in [-0.2, 0) is 6.54 Å². The molecule has 0 fully saturated rings. The predicted octanol–water partition coefficient (Wildman–Crippen LogP) is 2.16. The van der Waals surface area contributed by atoms with Crippen LogP contribution in [0.25, 0.3) is 0 Å². The number of halogens is 1. The number of hydrogen-bond acceptors (Lipinski definition) is 4. The van der Waals surface area contributed by atoms with Crippen molar-refractivity contribution in [2.45, 2.75) is 13.5 Å². The minimum Gasteiger partial charge on any atom is -0.258 e. The van der Waals surface area contributed by atoms with Gasteiger partial charge in [-0.1, -0.05) is 12.1 Å². The largest absolute Gasteiger partial charge is 0.327 e. The highest BCUT2D eigenvalue weighted by molar-refractivity contribution is 5.47. The number of nitriles is 1. The van der Waals surface area contributed by atoms with Gasteiger partial charge in [-0.15, -0.1) is 0 Å². The molecule has 1 aromatic carbocycles. The van der Waals surface area contributed by atoms with Crippen LogP contribution >= 0.6 is 0 Å². The van der Waals surface area contributed by atoms with E-state index < -0.39 is 4.92 Å². The third-order valence-electron chi connectivity index (χ3n) is 2.71. The van der Waals surface area contributed by atoms with E-state index in [0.717, 1.165) is 5.56 Å². The van der Waals surface area contributed by atoms with E-state index in [2.05, 4.69) is 5.10 Å². The van der Waals surface area contributed by atoms with Gasteiger partial charge in [-0.25, -0.2) is 4.39 Å². The molecule has 0 aliphatic heterocycles. The molecule has 0 unspecified atom stereocenters. The first-order chi connectivity index (χ1) is 9.02. The average Bonchev–Trinajstić information content (AvgIpc) is 2.69. The summed E-state index contributed by atoms with van der Waals surface area (Å²) in [5.74, 6) is -0.357. The molecule has 7 heteroatoms. The molecule has 0 spiro atoms. The first-order valence-electron chi connectivity index (χ1n) is 5.39. The lowest BCUT2D eigenvalue weighted by atomic mass is 10.2. The molecule has 2 rings (SSSR count). The van der Waals surface area contributed by atoms with Crippen LogP contribution in [0.3, 0.4) is 0 Å². The van der Waals surface area contributed by atoms with Crippen LogP contribution in [0.4, 0.5) is 10.1 Å². The topological polar surface area (TPSA) is 84.8 Å². The Balaban J connectivity index is 2.39. The summed E-state index contributed by atoms with van der Waals surface area (Å²) in [7, 11) is 0. The molecule has 0 atom stereocenters. The summed E-state index contributed by atoms with van der Waals surface area (Å²) in [6.45, 7) is 1.77. The van der Waals surface area contributed by atoms with Gasteiger partial charge in [0.15, 0.2) is 0 Å². The minimum absolute atomic E-state index is 0.218. The Hall–Kier alpha value is -2.75. The van der Waals surface area contributed by atoms with Gasteiger partial charge >= 0.3 is 5.69 Å². The van der Waals surface area contributed by atoms with Gasteiger partial charge in [0, 0.05) is 0 Å². The van der Waals surface area contributed by atoms with Gasteiger partial charge in [0.1, 0.15) is 17.6 Å². The van der Waals surface area contributed by atoms with Gasteiger partial charge in [-0.05, 0) is 24.6 Å². The molecular weight excluding hydrogens is 251 g/mol. The van der Waals surface area contributed by atoms with Crippen molar-refractivity contribution in [2.24, 2.45) is 0 Å². The Labute approximate surface area is 107 Å². The van der Waals surface area contributed by atoms with Crippen LogP contribution in [0.2, 0.25) is 0 Å². The fourth-order valence-corrected chi connectivity index (χ4v) is 1.75. The second-order valence-corrected chi connectivity index (χ2v) is 3.94. The zero-order valence-electron chi connectivity index (χ0n) is 10.00. The third kappa shape index (κ3) is 2.42. The van der Waals surface area contributed by atoms with Crippen LogP contribution < -0.4 is 0 Å². The molecule has 1 aromatic heterocycles. The van der Waals surface area contributed by atoms with E-state index in [1.807, 2.05) is 0 Å². The Morgan fingerprint density at radius 1 is 1.47 bits per heavy atom. The molecule has 0 aliphatic rings. The zero-order valence-corrected chi connectivity index (χ0v) is 10.00. The van der Waals surface area contributed by atoms with E-state index in [1.54, 1.807) is 18.2 Å². The van der Waals surface area contributed by atoms with E-state index in [4.69, 9.17) is 5.26 Å². The van der Waals surface area contributed by atoms with Gasteiger partial charge in [-0.3, -0.25) is 14.8 Å². The first-order valence-corrected chi connectivity index (χ1v) is 5.39. The summed E-state index contributed by atoms with van der Waals surface area (Å²) in [5, 5.41) is 23.6. The van der Waals surface area contributed by atoms with E-state index in [1.165, 1.54) is 23.7 Å². The molecule has 0 radical (unpaired) electrons. The van der Waals surface area contributed by atoms with Crippen molar-refractivity contribution in [1.29, 1.82) is 5.26 Å². The standard InChI is InChI=1S/C12H9FN4O2/c1-8-12(17(18)19)11(6-14)15-16(8)7-9-2-4-10(13)5-3-9/h2-5H,7H2,1H3. The van der Waals surface area contributed by atoms with Gasteiger partial charge < -0.3 is 0 Å². The van der Waals surface area contributed by atoms with Crippen molar-refractivity contribution in [2.75, 3.05) is 0 Å². The SMILES string of the molecule is Cc1c([N+](=O)[O-])c(C#N)nn1Cc1ccc(F)cc1. The molecule has 0 saturated carbocycles. The van der Waals surface area contributed by atoms with E-state index in [0.29, 0.717) is 5.69 Å². The minimum atomic E-state index is -0.623. The van der Waals surface area contributed by atoms with Crippen molar-refractivity contribution >= 4 is 5.69 Å². The van der Waals surface area contributed by atoms with Gasteiger partial charge in [0.25, 0.3) is 0 Å². The van der Waals surface area contributed by atoms with Crippen molar-refractivity contribution in [3.8, 4) is 6.07 Å². The highest BCUT2D eigenvalue weighted by Crippen LogP contribution is 2.22. The molecule has 0 N–H and O–H groups in total. The lowest BCUT2D eigenvalue weighted by Gasteiger charge is -2.03. The number of benzene rings is 1. The van der Waals surface area contributed by atoms with E-state index >= 15 is 0 Å². The fraction of sp³-hybridized carbons (Fsp3) is 0.167. The molecule has 0 aliphatic carbocycles. The molecule has 6 nitrogen and oxygen atoms in total. The Morgan fingerprint density at radius 2 is 2.11 bits per heavy atom. The monoisotopic (exact) mass is 260 g/mol. The Bertz CT molecular complexity index is 670. The zero-order chi connectivity index (χ0) is 14.0. The highest BCUT2D eigenvalue weighted by atomic mass is 19.1. The summed E-state index contributed by atoms with van der Waals surface area (Å²) >= 11 is 0. The number of nitro groups is 1. The summed E-state index contributed by atoms with van der Waals surface area (Å²) < 4.78 is 14.1. The molecule has 0 amide bonds. The Morgan fingerprint density at radius 3 is 2.58 bits per heavy atom. The quantitative estimate of drug-likeness (QED) is 0.625. The molecule has 2 aromatic rings. The molecule has 96 valence electrons. The number of rotatable bonds is 3. The van der Waals surface area contributed by atoms with E-state index in [-0.39, 0.29) is 23.7 Å². The maximum Gasteiger partial charge on any atom is 0.327 e. The van der Waals surface area contributed by atoms with Gasteiger partial charge in [-0.2, -0.15) is 10.4 Å². The molecule has 1 heterocycles. The smallest absolute Gasteiger partial charge is 0.258 e. The van der Waals surface area contributed by atoms with Crippen molar-refractivity contribution in [3.05, 3.63) is 57.1 Å². The molecule has 0 saturated heterocycles. The van der Waals surface area contributed by atoms with Crippen LogP contribution in [-0.4, -0.2) is 14.7 Å². The predicted molar refractivity (Wildman–Crippen MR) is 63.8 cm³/mol. The van der Waals surface area contributed by atoms with Crippen LogP contribution in [0.15, 0.2) is 24.3 Å². The lowest BCUT2D eigenvalue weighted by molar-refractivity contribution is -0.385. The van der Waals surface area contributed by atoms with Crippen molar-refractivity contribution < 1.29 is 9.31 Å². The maximum absolute atomic E-state index is 12.8. The summed E-state index contributed by atoms with van der Waals surface area (Å²) in [6.07, 6.45) is 0. The normalized spacial score (nSPS) is 10.2.